The quantitative estimate of drug-likeness (QED) is 0.566. The Morgan fingerprint density at radius 3 is 2.79 bits per heavy atom. The first kappa shape index (κ1) is 23.2. The Kier molecular flexibility index (Phi) is 6.66. The molecule has 2 heterocycles. The van der Waals surface area contributed by atoms with Gasteiger partial charge in [0, 0.05) is 13.1 Å². The van der Waals surface area contributed by atoms with Crippen LogP contribution in [0.4, 0.5) is 5.69 Å². The molecule has 1 N–H and O–H groups in total. The van der Waals surface area contributed by atoms with Crippen LogP contribution < -0.4 is 10.1 Å². The van der Waals surface area contributed by atoms with Crippen molar-refractivity contribution >= 4 is 32.7 Å². The van der Waals surface area contributed by atoms with Crippen molar-refractivity contribution in [1.82, 2.24) is 19.3 Å². The predicted octanol–water partition coefficient (Wildman–Crippen LogP) is 3.34. The largest absolute Gasteiger partial charge is 0.495 e. The number of carbonyl (C=O) groups is 1. The van der Waals surface area contributed by atoms with Crippen LogP contribution in [0.25, 0.3) is 11.0 Å². The molecule has 10 heteroatoms. The van der Waals surface area contributed by atoms with Gasteiger partial charge in [0.25, 0.3) is 0 Å². The standard InChI is InChI=1S/C23H29N5O4S/c1-4-12-27-20-10-9-17(15-18(20)25-26-27)33(30,31)28-13-6-5-7-21(28)23(29)24-19-14-16(2)8-11-22(19)32-3/h8-11,14-15,21H,4-7,12-13H2,1-3H3,(H,24,29). The number of aryl methyl sites for hydroxylation is 2. The van der Waals surface area contributed by atoms with Gasteiger partial charge in [-0.2, -0.15) is 4.31 Å². The van der Waals surface area contributed by atoms with E-state index >= 15 is 0 Å². The number of ether oxygens (including phenoxy) is 1. The molecule has 2 aromatic carbocycles. The molecule has 1 aromatic heterocycles. The summed E-state index contributed by atoms with van der Waals surface area (Å²) >= 11 is 0. The minimum Gasteiger partial charge on any atom is -0.495 e. The number of fused-ring (bicyclic) bond motifs is 1. The third-order valence-corrected chi connectivity index (χ3v) is 7.80. The summed E-state index contributed by atoms with van der Waals surface area (Å²) in [4.78, 5) is 13.3. The van der Waals surface area contributed by atoms with Crippen LogP contribution in [0.5, 0.6) is 5.75 Å². The van der Waals surface area contributed by atoms with Crippen LogP contribution in [0.1, 0.15) is 38.2 Å². The summed E-state index contributed by atoms with van der Waals surface area (Å²) in [6, 6.07) is 9.51. The number of carbonyl (C=O) groups excluding carboxylic acids is 1. The second-order valence-corrected chi connectivity index (χ2v) is 10.2. The molecule has 4 rings (SSSR count). The van der Waals surface area contributed by atoms with Gasteiger partial charge in [-0.3, -0.25) is 4.79 Å². The average Bonchev–Trinajstić information content (AvgIpc) is 3.21. The van der Waals surface area contributed by atoms with Gasteiger partial charge in [-0.05, 0) is 62.1 Å². The molecule has 1 fully saturated rings. The number of amides is 1. The molecular weight excluding hydrogens is 442 g/mol. The predicted molar refractivity (Wildman–Crippen MR) is 126 cm³/mol. The molecule has 1 aliphatic heterocycles. The molecule has 9 nitrogen and oxygen atoms in total. The maximum atomic E-state index is 13.6. The second kappa shape index (κ2) is 9.48. The number of sulfonamides is 1. The van der Waals surface area contributed by atoms with E-state index in [0.29, 0.717) is 36.3 Å². The Bertz CT molecular complexity index is 1270. The molecule has 33 heavy (non-hydrogen) atoms. The summed E-state index contributed by atoms with van der Waals surface area (Å²) in [5.41, 5.74) is 2.80. The first-order valence-corrected chi connectivity index (χ1v) is 12.6. The normalized spacial score (nSPS) is 17.2. The van der Waals surface area contributed by atoms with Crippen LogP contribution in [0.2, 0.25) is 0 Å². The van der Waals surface area contributed by atoms with Crippen LogP contribution >= 0.6 is 0 Å². The van der Waals surface area contributed by atoms with Crippen molar-refractivity contribution in [3.63, 3.8) is 0 Å². The Morgan fingerprint density at radius 1 is 1.21 bits per heavy atom. The van der Waals surface area contributed by atoms with Crippen molar-refractivity contribution in [2.75, 3.05) is 19.0 Å². The van der Waals surface area contributed by atoms with E-state index in [4.69, 9.17) is 4.74 Å². The van der Waals surface area contributed by atoms with E-state index in [1.165, 1.54) is 17.5 Å². The van der Waals surface area contributed by atoms with Crippen molar-refractivity contribution in [1.29, 1.82) is 0 Å². The van der Waals surface area contributed by atoms with Gasteiger partial charge in [0.1, 0.15) is 17.3 Å². The van der Waals surface area contributed by atoms with Crippen molar-refractivity contribution in [3.05, 3.63) is 42.0 Å². The van der Waals surface area contributed by atoms with E-state index < -0.39 is 16.1 Å². The number of methoxy groups -OCH3 is 1. The first-order valence-electron chi connectivity index (χ1n) is 11.2. The highest BCUT2D eigenvalue weighted by Gasteiger charge is 2.38. The second-order valence-electron chi connectivity index (χ2n) is 8.28. The molecular formula is C23H29N5O4S. The third kappa shape index (κ3) is 4.58. The topological polar surface area (TPSA) is 106 Å². The summed E-state index contributed by atoms with van der Waals surface area (Å²) in [5, 5.41) is 11.1. The van der Waals surface area contributed by atoms with Gasteiger partial charge < -0.3 is 10.1 Å². The molecule has 1 unspecified atom stereocenters. The number of nitrogens with zero attached hydrogens (tertiary/aromatic N) is 4. The molecule has 1 aliphatic rings. The molecule has 0 aliphatic carbocycles. The smallest absolute Gasteiger partial charge is 0.243 e. The lowest BCUT2D eigenvalue weighted by Gasteiger charge is -2.33. The van der Waals surface area contributed by atoms with Gasteiger partial charge in [-0.15, -0.1) is 5.10 Å². The Hall–Kier alpha value is -2.98. The van der Waals surface area contributed by atoms with Gasteiger partial charge in [-0.1, -0.05) is 24.6 Å². The minimum absolute atomic E-state index is 0.117. The number of nitrogens with one attached hydrogen (secondary N) is 1. The van der Waals surface area contributed by atoms with E-state index in [-0.39, 0.29) is 17.3 Å². The molecule has 0 radical (unpaired) electrons. The van der Waals surface area contributed by atoms with Crippen LogP contribution in [0, 0.1) is 6.92 Å². The van der Waals surface area contributed by atoms with Crippen LogP contribution in [0.15, 0.2) is 41.3 Å². The zero-order valence-electron chi connectivity index (χ0n) is 19.1. The average molecular weight is 472 g/mol. The summed E-state index contributed by atoms with van der Waals surface area (Å²) in [5.74, 6) is 0.164. The molecule has 1 saturated heterocycles. The van der Waals surface area contributed by atoms with Crippen molar-refractivity contribution in [2.45, 2.75) is 57.0 Å². The Morgan fingerprint density at radius 2 is 2.03 bits per heavy atom. The summed E-state index contributed by atoms with van der Waals surface area (Å²) < 4.78 is 35.6. The van der Waals surface area contributed by atoms with Crippen molar-refractivity contribution in [3.8, 4) is 5.75 Å². The molecule has 1 amide bonds. The van der Waals surface area contributed by atoms with E-state index in [9.17, 15) is 13.2 Å². The molecule has 0 spiro atoms. The molecule has 0 saturated carbocycles. The fourth-order valence-electron chi connectivity index (χ4n) is 4.22. The van der Waals surface area contributed by atoms with Crippen molar-refractivity contribution in [2.24, 2.45) is 0 Å². The highest BCUT2D eigenvalue weighted by molar-refractivity contribution is 7.89. The number of hydrogen-bond acceptors (Lipinski definition) is 6. The van der Waals surface area contributed by atoms with Gasteiger partial charge in [-0.25, -0.2) is 13.1 Å². The summed E-state index contributed by atoms with van der Waals surface area (Å²) in [6.45, 7) is 4.95. The zero-order valence-corrected chi connectivity index (χ0v) is 19.9. The number of anilines is 1. The number of aromatic nitrogens is 3. The lowest BCUT2D eigenvalue weighted by Crippen LogP contribution is -2.49. The lowest BCUT2D eigenvalue weighted by atomic mass is 10.0. The fourth-order valence-corrected chi connectivity index (χ4v) is 5.89. The number of piperidine rings is 1. The van der Waals surface area contributed by atoms with Crippen LogP contribution in [0.3, 0.4) is 0 Å². The summed E-state index contributed by atoms with van der Waals surface area (Å²) in [7, 11) is -2.37. The number of hydrogen-bond donors (Lipinski definition) is 1. The van der Waals surface area contributed by atoms with Gasteiger partial charge in [0.2, 0.25) is 15.9 Å². The van der Waals surface area contributed by atoms with Crippen LogP contribution in [-0.4, -0.2) is 53.3 Å². The van der Waals surface area contributed by atoms with E-state index in [1.54, 1.807) is 22.9 Å². The van der Waals surface area contributed by atoms with E-state index in [0.717, 1.165) is 23.9 Å². The number of benzene rings is 2. The molecule has 176 valence electrons. The van der Waals surface area contributed by atoms with Gasteiger partial charge >= 0.3 is 0 Å². The highest BCUT2D eigenvalue weighted by atomic mass is 32.2. The Labute approximate surface area is 193 Å². The van der Waals surface area contributed by atoms with Crippen LogP contribution in [-0.2, 0) is 21.4 Å². The highest BCUT2D eigenvalue weighted by Crippen LogP contribution is 2.30. The fraction of sp³-hybridized carbons (Fsp3) is 0.435. The maximum Gasteiger partial charge on any atom is 0.243 e. The maximum absolute atomic E-state index is 13.6. The monoisotopic (exact) mass is 471 g/mol. The van der Waals surface area contributed by atoms with Crippen molar-refractivity contribution < 1.29 is 17.9 Å². The molecule has 3 aromatic rings. The number of rotatable bonds is 7. The first-order chi connectivity index (χ1) is 15.8. The van der Waals surface area contributed by atoms with Gasteiger partial charge in [0.05, 0.1) is 23.2 Å². The zero-order chi connectivity index (χ0) is 23.6. The molecule has 1 atom stereocenters. The molecule has 0 bridgehead atoms. The lowest BCUT2D eigenvalue weighted by molar-refractivity contribution is -0.120. The third-order valence-electron chi connectivity index (χ3n) is 5.90. The van der Waals surface area contributed by atoms with E-state index in [2.05, 4.69) is 15.6 Å². The summed E-state index contributed by atoms with van der Waals surface area (Å²) in [6.07, 6.45) is 2.83. The van der Waals surface area contributed by atoms with E-state index in [1.807, 2.05) is 26.0 Å². The van der Waals surface area contributed by atoms with Gasteiger partial charge in [0.15, 0.2) is 0 Å². The Balaban J connectivity index is 1.63. The SMILES string of the molecule is CCCn1nnc2cc(S(=O)(=O)N3CCCCC3C(=O)Nc3cc(C)ccc3OC)ccc21. The minimum atomic E-state index is -3.90.